The largest absolute Gasteiger partial charge is 0.377 e. The summed E-state index contributed by atoms with van der Waals surface area (Å²) in [5.41, 5.74) is 0. The number of ether oxygens (including phenoxy) is 1. The monoisotopic (exact) mass is 255 g/mol. The van der Waals surface area contributed by atoms with Gasteiger partial charge in [-0.3, -0.25) is 0 Å². The predicted molar refractivity (Wildman–Crippen MR) is 69.3 cm³/mol. The third kappa shape index (κ3) is 3.24. The third-order valence-corrected chi connectivity index (χ3v) is 4.17. The van der Waals surface area contributed by atoms with Crippen molar-refractivity contribution >= 4 is 11.3 Å². The second-order valence-electron chi connectivity index (χ2n) is 4.42. The van der Waals surface area contributed by atoms with Gasteiger partial charge in [0.25, 0.3) is 0 Å². The summed E-state index contributed by atoms with van der Waals surface area (Å²) < 4.78 is 5.70. The maximum Gasteiger partial charge on any atom is 0.131 e. The zero-order valence-corrected chi connectivity index (χ0v) is 11.4. The Morgan fingerprint density at radius 1 is 1.41 bits per heavy atom. The molecule has 0 saturated carbocycles. The van der Waals surface area contributed by atoms with E-state index in [2.05, 4.69) is 29.4 Å². The van der Waals surface area contributed by atoms with Gasteiger partial charge in [0.1, 0.15) is 10.0 Å². The number of hydrogen-bond acceptors (Lipinski definition) is 5. The van der Waals surface area contributed by atoms with Crippen LogP contribution in [0.25, 0.3) is 0 Å². The molecule has 1 N–H and O–H groups in total. The van der Waals surface area contributed by atoms with Crippen LogP contribution < -0.4 is 5.32 Å². The second-order valence-corrected chi connectivity index (χ2v) is 5.52. The number of rotatable bonds is 6. The minimum absolute atomic E-state index is 0.347. The molecule has 0 bridgehead atoms. The van der Waals surface area contributed by atoms with E-state index in [1.807, 2.05) is 0 Å². The van der Waals surface area contributed by atoms with Gasteiger partial charge in [0.2, 0.25) is 0 Å². The lowest BCUT2D eigenvalue weighted by atomic mass is 10.0. The standard InChI is InChI=1S/C12H21N3OS/c1-3-6-13-8-11-14-15-12(17-11)9-5-7-16-10(9)4-2/h9-10,13H,3-8H2,1-2H3. The SMILES string of the molecule is CCCNCc1nnc(C2CCOC2CC)s1. The van der Waals surface area contributed by atoms with Crippen LogP contribution in [0.5, 0.6) is 0 Å². The van der Waals surface area contributed by atoms with Crippen molar-refractivity contribution in [3.63, 3.8) is 0 Å². The van der Waals surface area contributed by atoms with Gasteiger partial charge in [-0.15, -0.1) is 10.2 Å². The van der Waals surface area contributed by atoms with E-state index in [-0.39, 0.29) is 0 Å². The molecule has 4 nitrogen and oxygen atoms in total. The van der Waals surface area contributed by atoms with Crippen LogP contribution in [0.2, 0.25) is 0 Å². The Labute approximate surface area is 107 Å². The van der Waals surface area contributed by atoms with E-state index in [9.17, 15) is 0 Å². The van der Waals surface area contributed by atoms with Gasteiger partial charge in [0, 0.05) is 19.1 Å². The van der Waals surface area contributed by atoms with Crippen molar-refractivity contribution in [1.82, 2.24) is 15.5 Å². The molecule has 2 atom stereocenters. The minimum atomic E-state index is 0.347. The lowest BCUT2D eigenvalue weighted by Crippen LogP contribution is -2.13. The topological polar surface area (TPSA) is 47.0 Å². The molecule has 2 unspecified atom stereocenters. The average molecular weight is 255 g/mol. The van der Waals surface area contributed by atoms with Crippen LogP contribution in [-0.2, 0) is 11.3 Å². The molecule has 2 rings (SSSR count). The lowest BCUT2D eigenvalue weighted by Gasteiger charge is -2.12. The van der Waals surface area contributed by atoms with Crippen molar-refractivity contribution < 1.29 is 4.74 Å². The summed E-state index contributed by atoms with van der Waals surface area (Å²) in [7, 11) is 0. The minimum Gasteiger partial charge on any atom is -0.377 e. The van der Waals surface area contributed by atoms with E-state index in [1.54, 1.807) is 11.3 Å². The Morgan fingerprint density at radius 3 is 3.06 bits per heavy atom. The quantitative estimate of drug-likeness (QED) is 0.792. The van der Waals surface area contributed by atoms with Crippen LogP contribution in [-0.4, -0.2) is 29.5 Å². The normalized spacial score (nSPS) is 24.4. The van der Waals surface area contributed by atoms with E-state index in [0.29, 0.717) is 12.0 Å². The summed E-state index contributed by atoms with van der Waals surface area (Å²) >= 11 is 1.73. The van der Waals surface area contributed by atoms with Crippen molar-refractivity contribution in [1.29, 1.82) is 0 Å². The Kier molecular flexibility index (Phi) is 4.88. The summed E-state index contributed by atoms with van der Waals surface area (Å²) in [5, 5.41) is 14.2. The first-order valence-corrected chi connectivity index (χ1v) is 7.31. The second kappa shape index (κ2) is 6.42. The number of nitrogens with zero attached hydrogens (tertiary/aromatic N) is 2. The molecule has 17 heavy (non-hydrogen) atoms. The predicted octanol–water partition coefficient (Wildman–Crippen LogP) is 2.32. The fourth-order valence-corrected chi connectivity index (χ4v) is 3.19. The fourth-order valence-electron chi connectivity index (χ4n) is 2.19. The van der Waals surface area contributed by atoms with Crippen molar-refractivity contribution in [3.05, 3.63) is 10.0 Å². The molecule has 1 saturated heterocycles. The molecule has 0 spiro atoms. The van der Waals surface area contributed by atoms with Gasteiger partial charge in [0.15, 0.2) is 0 Å². The highest BCUT2D eigenvalue weighted by Crippen LogP contribution is 2.34. The van der Waals surface area contributed by atoms with Crippen LogP contribution in [0.1, 0.15) is 49.0 Å². The van der Waals surface area contributed by atoms with Crippen LogP contribution in [0, 0.1) is 0 Å². The summed E-state index contributed by atoms with van der Waals surface area (Å²) in [6.07, 6.45) is 3.66. The van der Waals surface area contributed by atoms with Crippen molar-refractivity contribution in [2.75, 3.05) is 13.2 Å². The van der Waals surface area contributed by atoms with Gasteiger partial charge in [-0.05, 0) is 25.8 Å². The Hall–Kier alpha value is -0.520. The van der Waals surface area contributed by atoms with Crippen molar-refractivity contribution in [2.24, 2.45) is 0 Å². The molecule has 96 valence electrons. The van der Waals surface area contributed by atoms with Crippen LogP contribution >= 0.6 is 11.3 Å². The highest BCUT2D eigenvalue weighted by atomic mass is 32.1. The van der Waals surface area contributed by atoms with Crippen molar-refractivity contribution in [3.8, 4) is 0 Å². The highest BCUT2D eigenvalue weighted by molar-refractivity contribution is 7.11. The van der Waals surface area contributed by atoms with E-state index in [4.69, 9.17) is 4.74 Å². The molecule has 2 heterocycles. The van der Waals surface area contributed by atoms with E-state index < -0.39 is 0 Å². The molecule has 5 heteroatoms. The maximum absolute atomic E-state index is 5.70. The fraction of sp³-hybridized carbons (Fsp3) is 0.833. The molecule has 0 aromatic carbocycles. The molecular formula is C12H21N3OS. The van der Waals surface area contributed by atoms with Crippen LogP contribution in [0.3, 0.4) is 0 Å². The number of hydrogen-bond donors (Lipinski definition) is 1. The summed E-state index contributed by atoms with van der Waals surface area (Å²) in [6.45, 7) is 7.09. The van der Waals surface area contributed by atoms with E-state index >= 15 is 0 Å². The molecule has 1 aromatic rings. The first-order chi connectivity index (χ1) is 8.35. The third-order valence-electron chi connectivity index (χ3n) is 3.11. The highest BCUT2D eigenvalue weighted by Gasteiger charge is 2.30. The van der Waals surface area contributed by atoms with Gasteiger partial charge in [-0.25, -0.2) is 0 Å². The average Bonchev–Trinajstić information content (AvgIpc) is 2.96. The summed E-state index contributed by atoms with van der Waals surface area (Å²) in [4.78, 5) is 0. The summed E-state index contributed by atoms with van der Waals surface area (Å²) in [5.74, 6) is 0.470. The Morgan fingerprint density at radius 2 is 2.29 bits per heavy atom. The van der Waals surface area contributed by atoms with Gasteiger partial charge >= 0.3 is 0 Å². The Balaban J connectivity index is 1.93. The first-order valence-electron chi connectivity index (χ1n) is 6.49. The van der Waals surface area contributed by atoms with E-state index in [0.717, 1.165) is 49.0 Å². The molecule has 0 amide bonds. The van der Waals surface area contributed by atoms with Crippen LogP contribution in [0.4, 0.5) is 0 Å². The zero-order chi connectivity index (χ0) is 12.1. The molecule has 1 aromatic heterocycles. The Bertz CT molecular complexity index is 342. The molecule has 1 fully saturated rings. The number of aromatic nitrogens is 2. The first kappa shape index (κ1) is 12.9. The number of nitrogens with one attached hydrogen (secondary N) is 1. The van der Waals surface area contributed by atoms with Gasteiger partial charge in [-0.2, -0.15) is 0 Å². The molecule has 1 aliphatic heterocycles. The lowest BCUT2D eigenvalue weighted by molar-refractivity contribution is 0.100. The molecule has 0 radical (unpaired) electrons. The van der Waals surface area contributed by atoms with E-state index in [1.165, 1.54) is 0 Å². The van der Waals surface area contributed by atoms with Gasteiger partial charge in [0.05, 0.1) is 6.10 Å². The smallest absolute Gasteiger partial charge is 0.131 e. The summed E-state index contributed by atoms with van der Waals surface area (Å²) in [6, 6.07) is 0. The maximum atomic E-state index is 5.70. The van der Waals surface area contributed by atoms with Crippen molar-refractivity contribution in [2.45, 2.75) is 51.7 Å². The molecular weight excluding hydrogens is 234 g/mol. The zero-order valence-electron chi connectivity index (χ0n) is 10.6. The van der Waals surface area contributed by atoms with Crippen LogP contribution in [0.15, 0.2) is 0 Å². The van der Waals surface area contributed by atoms with Gasteiger partial charge in [-0.1, -0.05) is 25.2 Å². The molecule has 1 aliphatic rings. The van der Waals surface area contributed by atoms with Gasteiger partial charge < -0.3 is 10.1 Å². The molecule has 0 aliphatic carbocycles.